The van der Waals surface area contributed by atoms with Gasteiger partial charge < -0.3 is 14.0 Å². The fraction of sp³-hybridized carbons (Fsp3) is 0.273. The summed E-state index contributed by atoms with van der Waals surface area (Å²) in [7, 11) is 0. The third-order valence-electron chi connectivity index (χ3n) is 7.75. The van der Waals surface area contributed by atoms with Gasteiger partial charge in [-0.05, 0) is 67.6 Å². The molecule has 0 radical (unpaired) electrons. The van der Waals surface area contributed by atoms with E-state index in [1.807, 2.05) is 73.7 Å². The number of rotatable bonds is 10. The van der Waals surface area contributed by atoms with Gasteiger partial charge in [0.05, 0.1) is 23.4 Å². The van der Waals surface area contributed by atoms with Gasteiger partial charge in [-0.25, -0.2) is 9.78 Å². The van der Waals surface area contributed by atoms with Crippen LogP contribution < -0.4 is 10.1 Å². The number of aromatic nitrogens is 4. The normalized spacial score (nSPS) is 13.7. The largest absolute Gasteiger partial charge is 0.494 e. The summed E-state index contributed by atoms with van der Waals surface area (Å²) in [5, 5.41) is 18.2. The van der Waals surface area contributed by atoms with Gasteiger partial charge >= 0.3 is 6.09 Å². The molecule has 1 N–H and O–H groups in total. The first-order chi connectivity index (χ1) is 20.6. The molecule has 1 fully saturated rings. The summed E-state index contributed by atoms with van der Waals surface area (Å²) in [6.07, 6.45) is 6.44. The first-order valence-electron chi connectivity index (χ1n) is 14.3. The number of fused-ring (bicyclic) bond motifs is 1. The molecule has 2 aromatic heterocycles. The van der Waals surface area contributed by atoms with E-state index in [0.717, 1.165) is 59.3 Å². The lowest BCUT2D eigenvalue weighted by Crippen LogP contribution is -2.18. The molecule has 3 aromatic carbocycles. The Morgan fingerprint density at radius 3 is 2.62 bits per heavy atom. The molecule has 9 heteroatoms. The number of anilines is 1. The zero-order valence-corrected chi connectivity index (χ0v) is 23.4. The highest BCUT2D eigenvalue weighted by Crippen LogP contribution is 2.43. The van der Waals surface area contributed by atoms with Crippen LogP contribution in [0.5, 0.6) is 5.75 Å². The van der Waals surface area contributed by atoms with Gasteiger partial charge in [0.25, 0.3) is 0 Å². The van der Waals surface area contributed by atoms with E-state index in [9.17, 15) is 10.1 Å². The highest BCUT2D eigenvalue weighted by Gasteiger charge is 2.28. The number of hydrogen-bond acceptors (Lipinski definition) is 6. The van der Waals surface area contributed by atoms with Crippen LogP contribution in [-0.4, -0.2) is 32.0 Å². The van der Waals surface area contributed by atoms with Crippen LogP contribution in [0, 0.1) is 11.3 Å². The second-order valence-electron chi connectivity index (χ2n) is 10.5. The number of nitriles is 1. The van der Waals surface area contributed by atoms with Crippen molar-refractivity contribution in [2.45, 2.75) is 51.3 Å². The molecule has 0 spiro atoms. The maximum Gasteiger partial charge on any atom is 0.412 e. The average molecular weight is 561 g/mol. The second-order valence-corrected chi connectivity index (χ2v) is 10.5. The van der Waals surface area contributed by atoms with Crippen LogP contribution in [0.4, 0.5) is 10.5 Å². The Morgan fingerprint density at radius 1 is 1.12 bits per heavy atom. The van der Waals surface area contributed by atoms with Gasteiger partial charge in [0.1, 0.15) is 30.6 Å². The molecule has 0 bridgehead atoms. The van der Waals surface area contributed by atoms with Crippen LogP contribution in [0.1, 0.15) is 55.9 Å². The van der Waals surface area contributed by atoms with Crippen LogP contribution in [0.2, 0.25) is 0 Å². The first kappa shape index (κ1) is 27.1. The minimum Gasteiger partial charge on any atom is -0.494 e. The smallest absolute Gasteiger partial charge is 0.412 e. The Balaban J connectivity index is 1.21. The Hall–Kier alpha value is -5.10. The van der Waals surface area contributed by atoms with Crippen molar-refractivity contribution in [3.05, 3.63) is 96.6 Å². The van der Waals surface area contributed by atoms with Gasteiger partial charge in [0.15, 0.2) is 0 Å². The number of ether oxygens (including phenoxy) is 2. The topological polar surface area (TPSA) is 107 Å². The summed E-state index contributed by atoms with van der Waals surface area (Å²) in [6.45, 7) is 3.10. The monoisotopic (exact) mass is 560 g/mol. The number of nitrogens with zero attached hydrogens (tertiary/aromatic N) is 5. The minimum absolute atomic E-state index is 0.339. The van der Waals surface area contributed by atoms with E-state index in [1.165, 1.54) is 12.7 Å². The number of carbonyl (C=O) groups excluding carboxylic acids is 1. The van der Waals surface area contributed by atoms with E-state index in [1.54, 1.807) is 11.0 Å². The molecule has 1 aliphatic carbocycles. The molecule has 0 saturated heterocycles. The van der Waals surface area contributed by atoms with Crippen molar-refractivity contribution in [2.24, 2.45) is 0 Å². The Kier molecular flexibility index (Phi) is 7.86. The summed E-state index contributed by atoms with van der Waals surface area (Å²) in [6, 6.07) is 26.0. The molecule has 5 aromatic rings. The van der Waals surface area contributed by atoms with Gasteiger partial charge in [-0.15, -0.1) is 0 Å². The average Bonchev–Trinajstić information content (AvgIpc) is 3.61. The summed E-state index contributed by atoms with van der Waals surface area (Å²) in [5.74, 6) is 0.734. The van der Waals surface area contributed by atoms with E-state index < -0.39 is 6.09 Å². The molecular weight excluding hydrogens is 528 g/mol. The van der Waals surface area contributed by atoms with E-state index >= 15 is 0 Å². The molecule has 1 aliphatic rings. The lowest BCUT2D eigenvalue weighted by molar-refractivity contribution is 0.121. The summed E-state index contributed by atoms with van der Waals surface area (Å²) in [4.78, 5) is 16.5. The predicted octanol–water partition coefficient (Wildman–Crippen LogP) is 7.28. The molecule has 1 atom stereocenters. The van der Waals surface area contributed by atoms with E-state index in [4.69, 9.17) is 9.47 Å². The molecule has 212 valence electrons. The molecule has 42 heavy (non-hydrogen) atoms. The standard InChI is InChI=1S/C33H32N6O3/c1-23(24-7-3-2-4-8-24)42-33(40)37-26-13-11-25(12-14-26)32-30(20-34)29-19-28(41-18-6-17-38-22-35-21-36-38)15-16-31(29)39(32)27-9-5-10-27/h2-4,7-8,11-16,19,21-23,27H,5-6,9-10,17-18H2,1H3,(H,37,40)/t23-/m1/s1. The number of aryl methyl sites for hydroxylation is 1. The van der Waals surface area contributed by atoms with Crippen molar-refractivity contribution in [2.75, 3.05) is 11.9 Å². The van der Waals surface area contributed by atoms with Gasteiger partial charge in [0.2, 0.25) is 0 Å². The molecule has 1 saturated carbocycles. The van der Waals surface area contributed by atoms with Crippen molar-refractivity contribution < 1.29 is 14.3 Å². The van der Waals surface area contributed by atoms with E-state index in [2.05, 4.69) is 32.1 Å². The van der Waals surface area contributed by atoms with Crippen molar-refractivity contribution >= 4 is 22.7 Å². The lowest BCUT2D eigenvalue weighted by atomic mass is 9.92. The number of amides is 1. The van der Waals surface area contributed by atoms with Crippen LogP contribution in [0.15, 0.2) is 85.5 Å². The molecule has 9 nitrogen and oxygen atoms in total. The third kappa shape index (κ3) is 5.70. The van der Waals surface area contributed by atoms with Crippen LogP contribution >= 0.6 is 0 Å². The fourth-order valence-electron chi connectivity index (χ4n) is 5.38. The second kappa shape index (κ2) is 12.2. The lowest BCUT2D eigenvalue weighted by Gasteiger charge is -2.30. The van der Waals surface area contributed by atoms with Gasteiger partial charge in [-0.3, -0.25) is 10.00 Å². The maximum atomic E-state index is 12.5. The highest BCUT2D eigenvalue weighted by molar-refractivity contribution is 5.96. The van der Waals surface area contributed by atoms with Gasteiger partial charge in [-0.1, -0.05) is 42.5 Å². The van der Waals surface area contributed by atoms with Crippen molar-refractivity contribution in [1.82, 2.24) is 19.3 Å². The van der Waals surface area contributed by atoms with Gasteiger partial charge in [-0.2, -0.15) is 10.4 Å². The number of hydrogen-bond donors (Lipinski definition) is 1. The Labute approximate surface area is 244 Å². The van der Waals surface area contributed by atoms with Crippen LogP contribution in [-0.2, 0) is 11.3 Å². The minimum atomic E-state index is -0.519. The summed E-state index contributed by atoms with van der Waals surface area (Å²) >= 11 is 0. The SMILES string of the molecule is C[C@@H](OC(=O)Nc1ccc(-c2c(C#N)c3cc(OCCCn4cncn4)ccc3n2C2CCC2)cc1)c1ccccc1. The number of carbonyl (C=O) groups is 1. The maximum absolute atomic E-state index is 12.5. The van der Waals surface area contributed by atoms with Crippen LogP contribution in [0.3, 0.4) is 0 Å². The van der Waals surface area contributed by atoms with E-state index in [-0.39, 0.29) is 6.10 Å². The van der Waals surface area contributed by atoms with Crippen molar-refractivity contribution in [3.63, 3.8) is 0 Å². The van der Waals surface area contributed by atoms with Crippen molar-refractivity contribution in [3.8, 4) is 23.1 Å². The predicted molar refractivity (Wildman–Crippen MR) is 160 cm³/mol. The molecule has 6 rings (SSSR count). The first-order valence-corrected chi connectivity index (χ1v) is 14.3. The molecule has 2 heterocycles. The Morgan fingerprint density at radius 2 is 1.93 bits per heavy atom. The summed E-state index contributed by atoms with van der Waals surface area (Å²) in [5.41, 5.74) is 5.02. The third-order valence-corrected chi connectivity index (χ3v) is 7.75. The molecule has 0 aliphatic heterocycles. The molecule has 1 amide bonds. The zero-order chi connectivity index (χ0) is 28.9. The number of benzene rings is 3. The van der Waals surface area contributed by atoms with E-state index in [0.29, 0.717) is 23.9 Å². The zero-order valence-electron chi connectivity index (χ0n) is 23.4. The fourth-order valence-corrected chi connectivity index (χ4v) is 5.38. The Bertz CT molecular complexity index is 1700. The number of nitrogens with one attached hydrogen (secondary N) is 1. The van der Waals surface area contributed by atoms with Crippen LogP contribution in [0.25, 0.3) is 22.2 Å². The molecule has 0 unspecified atom stereocenters. The summed E-state index contributed by atoms with van der Waals surface area (Å²) < 4.78 is 15.7. The quantitative estimate of drug-likeness (QED) is 0.180. The highest BCUT2D eigenvalue weighted by atomic mass is 16.6. The van der Waals surface area contributed by atoms with Crippen molar-refractivity contribution in [1.29, 1.82) is 5.26 Å². The molecular formula is C33H32N6O3. The van der Waals surface area contributed by atoms with Gasteiger partial charge in [0, 0.05) is 30.1 Å².